The van der Waals surface area contributed by atoms with Gasteiger partial charge in [-0.15, -0.1) is 11.3 Å². The van der Waals surface area contributed by atoms with Crippen LogP contribution in [0, 0.1) is 0 Å². The molecule has 0 spiro atoms. The first kappa shape index (κ1) is 17.6. The molecule has 0 bridgehead atoms. The van der Waals surface area contributed by atoms with E-state index in [0.29, 0.717) is 6.04 Å². The van der Waals surface area contributed by atoms with Crippen LogP contribution in [0.5, 0.6) is 0 Å². The Hall–Kier alpha value is -1.85. The van der Waals surface area contributed by atoms with Gasteiger partial charge >= 0.3 is 0 Å². The Bertz CT molecular complexity index is 725. The van der Waals surface area contributed by atoms with Crippen LogP contribution in [-0.4, -0.2) is 47.9 Å². The lowest BCUT2D eigenvalue weighted by Crippen LogP contribution is -2.42. The Morgan fingerprint density at radius 1 is 1.12 bits per heavy atom. The largest absolute Gasteiger partial charge is 0.380 e. The smallest absolute Gasteiger partial charge is 0.254 e. The van der Waals surface area contributed by atoms with Crippen molar-refractivity contribution in [1.29, 1.82) is 0 Å². The number of carbonyl (C=O) groups excluding carboxylic acids is 1. The van der Waals surface area contributed by atoms with Gasteiger partial charge in [0.15, 0.2) is 0 Å². The summed E-state index contributed by atoms with van der Waals surface area (Å²) in [5.41, 5.74) is 1.81. The molecule has 1 aromatic carbocycles. The van der Waals surface area contributed by atoms with Gasteiger partial charge in [0, 0.05) is 41.8 Å². The highest BCUT2D eigenvalue weighted by molar-refractivity contribution is 7.09. The maximum absolute atomic E-state index is 13.1. The summed E-state index contributed by atoms with van der Waals surface area (Å²) >= 11 is 1.75. The number of hydrogen-bond acceptors (Lipinski definition) is 4. The standard InChI is InChI=1S/C21H27N3OS/c25-21(24-12-4-8-19(24)16-23-10-1-2-11-23)17-6-3-7-18(14-17)22-15-20-9-5-13-26-20/h3,5-7,9,13-14,19,22H,1-2,4,8,10-12,15-16H2/t19-/m0/s1. The molecule has 1 atom stereocenters. The van der Waals surface area contributed by atoms with E-state index in [-0.39, 0.29) is 5.91 Å². The predicted octanol–water partition coefficient (Wildman–Crippen LogP) is 4.06. The lowest BCUT2D eigenvalue weighted by atomic mass is 10.1. The zero-order chi connectivity index (χ0) is 17.8. The molecular weight excluding hydrogens is 342 g/mol. The summed E-state index contributed by atoms with van der Waals surface area (Å²) in [4.78, 5) is 19.0. The van der Waals surface area contributed by atoms with Gasteiger partial charge in [-0.05, 0) is 68.4 Å². The highest BCUT2D eigenvalue weighted by Gasteiger charge is 2.31. The molecule has 4 nitrogen and oxygen atoms in total. The molecule has 4 rings (SSSR count). The molecule has 5 heteroatoms. The topological polar surface area (TPSA) is 35.6 Å². The molecule has 2 aliphatic rings. The molecule has 138 valence electrons. The summed E-state index contributed by atoms with van der Waals surface area (Å²) in [7, 11) is 0. The lowest BCUT2D eigenvalue weighted by molar-refractivity contribution is 0.0709. The SMILES string of the molecule is O=C(c1cccc(NCc2cccs2)c1)N1CCC[C@H]1CN1CCCC1. The molecular formula is C21H27N3OS. The zero-order valence-electron chi connectivity index (χ0n) is 15.2. The van der Waals surface area contributed by atoms with Crippen molar-refractivity contribution in [3.05, 3.63) is 52.2 Å². The van der Waals surface area contributed by atoms with Gasteiger partial charge in [-0.3, -0.25) is 4.79 Å². The van der Waals surface area contributed by atoms with Crippen molar-refractivity contribution in [2.24, 2.45) is 0 Å². The first-order valence-electron chi connectivity index (χ1n) is 9.69. The van der Waals surface area contributed by atoms with E-state index in [1.165, 1.54) is 30.8 Å². The third-order valence-electron chi connectivity index (χ3n) is 5.46. The average molecular weight is 370 g/mol. The van der Waals surface area contributed by atoms with Crippen LogP contribution in [0.1, 0.15) is 40.9 Å². The Labute approximate surface area is 159 Å². The van der Waals surface area contributed by atoms with Gasteiger partial charge in [-0.25, -0.2) is 0 Å². The summed E-state index contributed by atoms with van der Waals surface area (Å²) in [5, 5.41) is 5.52. The van der Waals surface area contributed by atoms with Crippen LogP contribution in [0.4, 0.5) is 5.69 Å². The number of anilines is 1. The lowest BCUT2D eigenvalue weighted by Gasteiger charge is -2.28. The summed E-state index contributed by atoms with van der Waals surface area (Å²) in [5.74, 6) is 0.187. The molecule has 3 heterocycles. The van der Waals surface area contributed by atoms with Gasteiger partial charge in [0.25, 0.3) is 5.91 Å². The number of likely N-dealkylation sites (tertiary alicyclic amines) is 2. The fourth-order valence-electron chi connectivity index (χ4n) is 4.09. The van der Waals surface area contributed by atoms with E-state index in [1.807, 2.05) is 24.3 Å². The number of nitrogens with one attached hydrogen (secondary N) is 1. The van der Waals surface area contributed by atoms with Crippen molar-refractivity contribution in [3.63, 3.8) is 0 Å². The fourth-order valence-corrected chi connectivity index (χ4v) is 4.73. The quantitative estimate of drug-likeness (QED) is 0.834. The third kappa shape index (κ3) is 4.10. The van der Waals surface area contributed by atoms with Gasteiger partial charge in [-0.1, -0.05) is 12.1 Å². The van der Waals surface area contributed by atoms with Crippen LogP contribution in [0.2, 0.25) is 0 Å². The first-order chi connectivity index (χ1) is 12.8. The van der Waals surface area contributed by atoms with Crippen LogP contribution in [0.25, 0.3) is 0 Å². The first-order valence-corrected chi connectivity index (χ1v) is 10.6. The van der Waals surface area contributed by atoms with Crippen LogP contribution >= 0.6 is 11.3 Å². The Balaban J connectivity index is 1.40. The molecule has 2 aliphatic heterocycles. The van der Waals surface area contributed by atoms with E-state index in [1.54, 1.807) is 11.3 Å². The second kappa shape index (κ2) is 8.23. The van der Waals surface area contributed by atoms with Gasteiger partial charge < -0.3 is 15.1 Å². The summed E-state index contributed by atoms with van der Waals surface area (Å²) in [6.45, 7) is 5.13. The van der Waals surface area contributed by atoms with Crippen LogP contribution < -0.4 is 5.32 Å². The van der Waals surface area contributed by atoms with Crippen LogP contribution in [0.3, 0.4) is 0 Å². The highest BCUT2D eigenvalue weighted by atomic mass is 32.1. The molecule has 0 aliphatic carbocycles. The Morgan fingerprint density at radius 2 is 2.00 bits per heavy atom. The number of amides is 1. The number of benzene rings is 1. The van der Waals surface area contributed by atoms with Crippen LogP contribution in [0.15, 0.2) is 41.8 Å². The second-order valence-corrected chi connectivity index (χ2v) is 8.35. The van der Waals surface area contributed by atoms with Crippen molar-refractivity contribution in [1.82, 2.24) is 9.80 Å². The van der Waals surface area contributed by atoms with E-state index in [4.69, 9.17) is 0 Å². The molecule has 2 fully saturated rings. The summed E-state index contributed by atoms with van der Waals surface area (Å²) < 4.78 is 0. The Morgan fingerprint density at radius 3 is 2.81 bits per heavy atom. The van der Waals surface area contributed by atoms with Gasteiger partial charge in [0.05, 0.1) is 0 Å². The monoisotopic (exact) mass is 369 g/mol. The van der Waals surface area contributed by atoms with Crippen molar-refractivity contribution < 1.29 is 4.79 Å². The van der Waals surface area contributed by atoms with E-state index in [9.17, 15) is 4.79 Å². The minimum absolute atomic E-state index is 0.187. The molecule has 1 N–H and O–H groups in total. The number of rotatable bonds is 6. The molecule has 26 heavy (non-hydrogen) atoms. The number of nitrogens with zero attached hydrogens (tertiary/aromatic N) is 2. The minimum atomic E-state index is 0.187. The fraction of sp³-hybridized carbons (Fsp3) is 0.476. The molecule has 1 amide bonds. The van der Waals surface area contributed by atoms with E-state index in [2.05, 4.69) is 32.6 Å². The number of thiophene rings is 1. The molecule has 0 saturated carbocycles. The van der Waals surface area contributed by atoms with Crippen molar-refractivity contribution >= 4 is 22.9 Å². The van der Waals surface area contributed by atoms with E-state index >= 15 is 0 Å². The number of carbonyl (C=O) groups is 1. The normalized spacial score (nSPS) is 20.6. The molecule has 0 radical (unpaired) electrons. The van der Waals surface area contributed by atoms with Gasteiger partial charge in [0.2, 0.25) is 0 Å². The maximum atomic E-state index is 13.1. The zero-order valence-corrected chi connectivity index (χ0v) is 16.0. The Kier molecular flexibility index (Phi) is 5.56. The molecule has 2 saturated heterocycles. The highest BCUT2D eigenvalue weighted by Crippen LogP contribution is 2.24. The summed E-state index contributed by atoms with van der Waals surface area (Å²) in [6.07, 6.45) is 4.87. The predicted molar refractivity (Wildman–Crippen MR) is 108 cm³/mol. The number of hydrogen-bond donors (Lipinski definition) is 1. The van der Waals surface area contributed by atoms with Crippen molar-refractivity contribution in [2.45, 2.75) is 38.3 Å². The molecule has 0 unspecified atom stereocenters. The third-order valence-corrected chi connectivity index (χ3v) is 6.34. The molecule has 2 aromatic rings. The van der Waals surface area contributed by atoms with Crippen LogP contribution in [-0.2, 0) is 6.54 Å². The van der Waals surface area contributed by atoms with Gasteiger partial charge in [-0.2, -0.15) is 0 Å². The van der Waals surface area contributed by atoms with E-state index < -0.39 is 0 Å². The maximum Gasteiger partial charge on any atom is 0.254 e. The van der Waals surface area contributed by atoms with Crippen molar-refractivity contribution in [2.75, 3.05) is 31.5 Å². The average Bonchev–Trinajstić information content (AvgIpc) is 3.43. The summed E-state index contributed by atoms with van der Waals surface area (Å²) in [6, 6.07) is 12.5. The minimum Gasteiger partial charge on any atom is -0.380 e. The molecule has 1 aromatic heterocycles. The second-order valence-electron chi connectivity index (χ2n) is 7.32. The van der Waals surface area contributed by atoms with Gasteiger partial charge in [0.1, 0.15) is 0 Å². The van der Waals surface area contributed by atoms with Crippen molar-refractivity contribution in [3.8, 4) is 0 Å². The van der Waals surface area contributed by atoms with E-state index in [0.717, 1.165) is 43.7 Å².